The lowest BCUT2D eigenvalue weighted by molar-refractivity contribution is -0.133. The van der Waals surface area contributed by atoms with E-state index in [-0.39, 0.29) is 28.8 Å². The smallest absolute Gasteiger partial charge is 0.315 e. The highest BCUT2D eigenvalue weighted by molar-refractivity contribution is 8.15. The van der Waals surface area contributed by atoms with E-state index >= 15 is 0 Å². The van der Waals surface area contributed by atoms with Gasteiger partial charge in [0.1, 0.15) is 5.75 Å². The highest BCUT2D eigenvalue weighted by Gasteiger charge is 2.31. The molecule has 0 aliphatic carbocycles. The minimum atomic E-state index is -0.379. The van der Waals surface area contributed by atoms with Gasteiger partial charge in [-0.2, -0.15) is 0 Å². The summed E-state index contributed by atoms with van der Waals surface area (Å²) in [4.78, 5) is 35.2. The van der Waals surface area contributed by atoms with Gasteiger partial charge in [-0.3, -0.25) is 19.7 Å². The number of amides is 2. The SMILES string of the molecule is O=C(Cc1ccccc1)Oc1cccc(-c2ccc(CC3SC(=O)NC3=O)cc2)c1. The van der Waals surface area contributed by atoms with Crippen molar-refractivity contribution in [3.05, 3.63) is 90.0 Å². The van der Waals surface area contributed by atoms with Crippen LogP contribution in [0.25, 0.3) is 11.1 Å². The first-order valence-electron chi connectivity index (χ1n) is 9.52. The van der Waals surface area contributed by atoms with Gasteiger partial charge >= 0.3 is 5.97 Å². The van der Waals surface area contributed by atoms with Crippen LogP contribution in [0.2, 0.25) is 0 Å². The Morgan fingerprint density at radius 2 is 1.63 bits per heavy atom. The molecule has 0 radical (unpaired) electrons. The van der Waals surface area contributed by atoms with Crippen LogP contribution in [0.5, 0.6) is 5.75 Å². The Labute approximate surface area is 178 Å². The molecule has 1 atom stereocenters. The normalized spacial score (nSPS) is 15.7. The van der Waals surface area contributed by atoms with Crippen LogP contribution in [0.4, 0.5) is 4.79 Å². The van der Waals surface area contributed by atoms with Crippen molar-refractivity contribution in [2.75, 3.05) is 0 Å². The Balaban J connectivity index is 1.41. The lowest BCUT2D eigenvalue weighted by Gasteiger charge is -2.09. The number of hydrogen-bond donors (Lipinski definition) is 1. The summed E-state index contributed by atoms with van der Waals surface area (Å²) in [5.41, 5.74) is 3.78. The van der Waals surface area contributed by atoms with Gasteiger partial charge < -0.3 is 4.74 Å². The summed E-state index contributed by atoms with van der Waals surface area (Å²) >= 11 is 1.03. The molecule has 1 unspecified atom stereocenters. The summed E-state index contributed by atoms with van der Waals surface area (Å²) in [6, 6.07) is 24.7. The molecular weight excluding hydrogens is 398 g/mol. The molecule has 4 rings (SSSR count). The number of rotatable bonds is 6. The topological polar surface area (TPSA) is 72.5 Å². The van der Waals surface area contributed by atoms with E-state index in [1.807, 2.05) is 72.8 Å². The fraction of sp³-hybridized carbons (Fsp3) is 0.125. The molecule has 0 aromatic heterocycles. The third kappa shape index (κ3) is 4.96. The number of imide groups is 1. The second-order valence-corrected chi connectivity index (χ2v) is 8.12. The van der Waals surface area contributed by atoms with E-state index in [0.29, 0.717) is 12.2 Å². The highest BCUT2D eigenvalue weighted by atomic mass is 32.2. The van der Waals surface area contributed by atoms with Crippen LogP contribution in [0.3, 0.4) is 0 Å². The number of carbonyl (C=O) groups is 3. The molecule has 5 nitrogen and oxygen atoms in total. The quantitative estimate of drug-likeness (QED) is 0.476. The highest BCUT2D eigenvalue weighted by Crippen LogP contribution is 2.27. The third-order valence-corrected chi connectivity index (χ3v) is 5.71. The molecule has 0 bridgehead atoms. The Kier molecular flexibility index (Phi) is 5.95. The summed E-state index contributed by atoms with van der Waals surface area (Å²) in [5.74, 6) is -0.0512. The summed E-state index contributed by atoms with van der Waals surface area (Å²) in [5, 5.41) is 1.63. The summed E-state index contributed by atoms with van der Waals surface area (Å²) in [6.45, 7) is 0. The van der Waals surface area contributed by atoms with E-state index in [2.05, 4.69) is 5.32 Å². The van der Waals surface area contributed by atoms with Crippen molar-refractivity contribution in [2.45, 2.75) is 18.1 Å². The number of carbonyl (C=O) groups excluding carboxylic acids is 3. The van der Waals surface area contributed by atoms with Crippen LogP contribution in [-0.2, 0) is 22.4 Å². The van der Waals surface area contributed by atoms with Crippen molar-refractivity contribution in [3.8, 4) is 16.9 Å². The Bertz CT molecular complexity index is 1080. The molecule has 1 saturated heterocycles. The van der Waals surface area contributed by atoms with Crippen LogP contribution in [0.1, 0.15) is 11.1 Å². The monoisotopic (exact) mass is 417 g/mol. The summed E-state index contributed by atoms with van der Waals surface area (Å²) in [6.07, 6.45) is 0.717. The second kappa shape index (κ2) is 8.97. The number of nitrogens with one attached hydrogen (secondary N) is 1. The first-order chi connectivity index (χ1) is 14.6. The first kappa shape index (κ1) is 19.9. The van der Waals surface area contributed by atoms with Gasteiger partial charge in [-0.25, -0.2) is 0 Å². The minimum absolute atomic E-state index is 0.217. The fourth-order valence-electron chi connectivity index (χ4n) is 3.24. The number of esters is 1. The van der Waals surface area contributed by atoms with Gasteiger partial charge in [0, 0.05) is 0 Å². The molecule has 1 aliphatic heterocycles. The number of thioether (sulfide) groups is 1. The van der Waals surface area contributed by atoms with Gasteiger partial charge in [0.25, 0.3) is 5.24 Å². The molecule has 3 aromatic rings. The zero-order chi connectivity index (χ0) is 20.9. The second-order valence-electron chi connectivity index (χ2n) is 6.95. The maximum absolute atomic E-state index is 12.2. The molecule has 1 aliphatic rings. The lowest BCUT2D eigenvalue weighted by Crippen LogP contribution is -2.25. The van der Waals surface area contributed by atoms with Crippen LogP contribution >= 0.6 is 11.8 Å². The average molecular weight is 417 g/mol. The van der Waals surface area contributed by atoms with Crippen molar-refractivity contribution >= 4 is 28.9 Å². The largest absolute Gasteiger partial charge is 0.426 e. The van der Waals surface area contributed by atoms with Gasteiger partial charge in [0.2, 0.25) is 5.91 Å². The first-order valence-corrected chi connectivity index (χ1v) is 10.4. The summed E-state index contributed by atoms with van der Waals surface area (Å²) < 4.78 is 5.50. The molecule has 1 fully saturated rings. The van der Waals surface area contributed by atoms with Gasteiger partial charge in [0.05, 0.1) is 11.7 Å². The maximum atomic E-state index is 12.2. The van der Waals surface area contributed by atoms with Crippen molar-refractivity contribution in [3.63, 3.8) is 0 Å². The van der Waals surface area contributed by atoms with Crippen molar-refractivity contribution < 1.29 is 19.1 Å². The van der Waals surface area contributed by atoms with Crippen molar-refractivity contribution in [1.82, 2.24) is 5.32 Å². The molecule has 6 heteroatoms. The zero-order valence-electron chi connectivity index (χ0n) is 16.0. The van der Waals surface area contributed by atoms with E-state index in [9.17, 15) is 14.4 Å². The molecule has 150 valence electrons. The van der Waals surface area contributed by atoms with E-state index in [1.165, 1.54) is 0 Å². The number of ether oxygens (including phenoxy) is 1. The Morgan fingerprint density at radius 1 is 0.867 bits per heavy atom. The van der Waals surface area contributed by atoms with Crippen LogP contribution in [0, 0.1) is 0 Å². The molecule has 1 heterocycles. The standard InChI is InChI=1S/C24H19NO4S/c26-22(14-16-5-2-1-3-6-16)29-20-8-4-7-19(15-20)18-11-9-17(10-12-18)13-21-23(27)25-24(28)30-21/h1-12,15,21H,13-14H2,(H,25,27,28). The van der Waals surface area contributed by atoms with Gasteiger partial charge in [-0.05, 0) is 40.8 Å². The minimum Gasteiger partial charge on any atom is -0.426 e. The predicted octanol–water partition coefficient (Wildman–Crippen LogP) is 4.40. The number of hydrogen-bond acceptors (Lipinski definition) is 5. The lowest BCUT2D eigenvalue weighted by atomic mass is 10.0. The van der Waals surface area contributed by atoms with Gasteiger partial charge in [-0.1, -0.05) is 78.5 Å². The Hall–Kier alpha value is -3.38. The van der Waals surface area contributed by atoms with Crippen LogP contribution < -0.4 is 10.1 Å². The molecule has 0 saturated carbocycles. The average Bonchev–Trinajstić information content (AvgIpc) is 3.06. The Morgan fingerprint density at radius 3 is 2.33 bits per heavy atom. The number of benzene rings is 3. The predicted molar refractivity (Wildman–Crippen MR) is 116 cm³/mol. The van der Waals surface area contributed by atoms with Crippen LogP contribution in [0.15, 0.2) is 78.9 Å². The molecule has 0 spiro atoms. The van der Waals surface area contributed by atoms with Crippen LogP contribution in [-0.4, -0.2) is 22.4 Å². The van der Waals surface area contributed by atoms with E-state index < -0.39 is 0 Å². The molecule has 2 amide bonds. The fourth-order valence-corrected chi connectivity index (χ4v) is 4.10. The van der Waals surface area contributed by atoms with Crippen molar-refractivity contribution in [1.29, 1.82) is 0 Å². The van der Waals surface area contributed by atoms with Gasteiger partial charge in [-0.15, -0.1) is 0 Å². The molecular formula is C24H19NO4S. The van der Waals surface area contributed by atoms with Gasteiger partial charge in [0.15, 0.2) is 0 Å². The summed E-state index contributed by atoms with van der Waals surface area (Å²) in [7, 11) is 0. The maximum Gasteiger partial charge on any atom is 0.315 e. The molecule has 30 heavy (non-hydrogen) atoms. The third-order valence-electron chi connectivity index (χ3n) is 4.73. The zero-order valence-corrected chi connectivity index (χ0v) is 16.9. The molecule has 1 N–H and O–H groups in total. The van der Waals surface area contributed by atoms with E-state index in [0.717, 1.165) is 34.0 Å². The van der Waals surface area contributed by atoms with Crippen molar-refractivity contribution in [2.24, 2.45) is 0 Å². The van der Waals surface area contributed by atoms with E-state index in [1.54, 1.807) is 6.07 Å². The van der Waals surface area contributed by atoms with E-state index in [4.69, 9.17) is 4.74 Å². The molecule has 3 aromatic carbocycles.